The van der Waals surface area contributed by atoms with E-state index >= 15 is 0 Å². The summed E-state index contributed by atoms with van der Waals surface area (Å²) in [5, 5.41) is 6.02. The van der Waals surface area contributed by atoms with Crippen molar-refractivity contribution >= 4 is 21.9 Å². The molecule has 0 aromatic carbocycles. The van der Waals surface area contributed by atoms with E-state index in [-0.39, 0.29) is 0 Å². The fourth-order valence-electron chi connectivity index (χ4n) is 3.64. The minimum Gasteiger partial charge on any atom is -0.346 e. The van der Waals surface area contributed by atoms with Gasteiger partial charge < -0.3 is 10.3 Å². The smallest absolute Gasteiger partial charge is 0.137 e. The van der Waals surface area contributed by atoms with Crippen LogP contribution in [0.4, 0.5) is 0 Å². The van der Waals surface area contributed by atoms with Crippen molar-refractivity contribution in [1.29, 1.82) is 0 Å². The number of nitrogens with one attached hydrogen (secondary N) is 2. The van der Waals surface area contributed by atoms with Crippen molar-refractivity contribution in [3.05, 3.63) is 36.3 Å². The van der Waals surface area contributed by atoms with Gasteiger partial charge in [0.25, 0.3) is 0 Å². The van der Waals surface area contributed by atoms with Crippen molar-refractivity contribution in [2.45, 2.75) is 26.2 Å². The summed E-state index contributed by atoms with van der Waals surface area (Å²) in [6, 6.07) is 4.29. The average molecular weight is 280 g/mol. The quantitative estimate of drug-likeness (QED) is 0.719. The third kappa shape index (κ3) is 2.10. The van der Waals surface area contributed by atoms with Gasteiger partial charge in [0.1, 0.15) is 5.65 Å². The van der Waals surface area contributed by atoms with Crippen molar-refractivity contribution in [3.63, 3.8) is 0 Å². The van der Waals surface area contributed by atoms with Crippen LogP contribution in [-0.4, -0.2) is 28.0 Å². The number of aromatic amines is 1. The van der Waals surface area contributed by atoms with Crippen LogP contribution >= 0.6 is 0 Å². The first-order valence-electron chi connectivity index (χ1n) is 7.55. The van der Waals surface area contributed by atoms with E-state index in [0.717, 1.165) is 24.3 Å². The Balaban J connectivity index is 1.93. The zero-order valence-electron chi connectivity index (χ0n) is 12.5. The van der Waals surface area contributed by atoms with Gasteiger partial charge in [-0.3, -0.25) is 4.98 Å². The molecule has 1 unspecified atom stereocenters. The maximum atomic E-state index is 4.51. The number of hydrogen-bond donors (Lipinski definition) is 2. The molecule has 21 heavy (non-hydrogen) atoms. The van der Waals surface area contributed by atoms with Gasteiger partial charge in [0, 0.05) is 36.3 Å². The molecule has 4 nitrogen and oxygen atoms in total. The molecule has 0 bridgehead atoms. The lowest BCUT2D eigenvalue weighted by atomic mass is 9.76. The fourth-order valence-corrected chi connectivity index (χ4v) is 3.64. The molecule has 1 aliphatic heterocycles. The van der Waals surface area contributed by atoms with Crippen molar-refractivity contribution in [2.75, 3.05) is 13.1 Å². The van der Waals surface area contributed by atoms with Gasteiger partial charge in [-0.15, -0.1) is 0 Å². The highest BCUT2D eigenvalue weighted by atomic mass is 14.9. The molecule has 2 N–H and O–H groups in total. The normalized spacial score (nSPS) is 21.9. The number of nitrogens with zero attached hydrogens (tertiary/aromatic N) is 2. The highest BCUT2D eigenvalue weighted by Gasteiger charge is 2.29. The van der Waals surface area contributed by atoms with Crippen molar-refractivity contribution in [2.24, 2.45) is 5.41 Å². The second-order valence-corrected chi connectivity index (χ2v) is 6.85. The fraction of sp³-hybridized carbons (Fsp3) is 0.412. The maximum Gasteiger partial charge on any atom is 0.137 e. The van der Waals surface area contributed by atoms with Gasteiger partial charge in [-0.05, 0) is 35.4 Å². The molecule has 1 aliphatic rings. The Hall–Kier alpha value is -1.94. The number of aromatic nitrogens is 3. The van der Waals surface area contributed by atoms with Crippen LogP contribution in [0.15, 0.2) is 30.7 Å². The summed E-state index contributed by atoms with van der Waals surface area (Å²) in [4.78, 5) is 12.2. The minimum absolute atomic E-state index is 0.336. The zero-order chi connectivity index (χ0) is 14.4. The second-order valence-electron chi connectivity index (χ2n) is 6.85. The molecular formula is C17H20N4. The Kier molecular flexibility index (Phi) is 2.76. The van der Waals surface area contributed by atoms with Crippen LogP contribution < -0.4 is 5.32 Å². The summed E-state index contributed by atoms with van der Waals surface area (Å²) in [5.74, 6) is 0.528. The van der Waals surface area contributed by atoms with Crippen LogP contribution in [0.5, 0.6) is 0 Å². The molecule has 1 fully saturated rings. The molecule has 4 heterocycles. The topological polar surface area (TPSA) is 53.6 Å². The van der Waals surface area contributed by atoms with Crippen LogP contribution in [0.1, 0.15) is 31.7 Å². The van der Waals surface area contributed by atoms with Crippen LogP contribution in [0.3, 0.4) is 0 Å². The number of hydrogen-bond acceptors (Lipinski definition) is 3. The summed E-state index contributed by atoms with van der Waals surface area (Å²) < 4.78 is 0. The Morgan fingerprint density at radius 1 is 1.24 bits per heavy atom. The SMILES string of the molecule is CC1(C)CNCC(c2ccnc3cnc4[nH]ccc4c23)C1. The average Bonchev–Trinajstić information content (AvgIpc) is 2.94. The van der Waals surface area contributed by atoms with E-state index < -0.39 is 0 Å². The molecule has 3 aromatic rings. The first-order chi connectivity index (χ1) is 10.1. The van der Waals surface area contributed by atoms with Gasteiger partial charge in [-0.25, -0.2) is 4.98 Å². The van der Waals surface area contributed by atoms with Gasteiger partial charge >= 0.3 is 0 Å². The molecule has 0 radical (unpaired) electrons. The van der Waals surface area contributed by atoms with E-state index in [4.69, 9.17) is 0 Å². The Morgan fingerprint density at radius 2 is 2.14 bits per heavy atom. The summed E-state index contributed by atoms with van der Waals surface area (Å²) >= 11 is 0. The number of rotatable bonds is 1. The van der Waals surface area contributed by atoms with E-state index in [1.165, 1.54) is 22.8 Å². The van der Waals surface area contributed by atoms with Gasteiger partial charge in [0.2, 0.25) is 0 Å². The molecule has 0 amide bonds. The predicted octanol–water partition coefficient (Wildman–Crippen LogP) is 3.21. The lowest BCUT2D eigenvalue weighted by molar-refractivity contribution is 0.240. The zero-order valence-corrected chi connectivity index (χ0v) is 12.5. The second kappa shape index (κ2) is 4.53. The summed E-state index contributed by atoms with van der Waals surface area (Å²) in [6.07, 6.45) is 6.95. The summed E-state index contributed by atoms with van der Waals surface area (Å²) in [5.41, 5.74) is 3.66. The Morgan fingerprint density at radius 3 is 3.00 bits per heavy atom. The van der Waals surface area contributed by atoms with Crippen molar-refractivity contribution < 1.29 is 0 Å². The van der Waals surface area contributed by atoms with Crippen molar-refractivity contribution in [3.8, 4) is 0 Å². The van der Waals surface area contributed by atoms with Gasteiger partial charge in [-0.1, -0.05) is 13.8 Å². The number of pyridine rings is 2. The van der Waals surface area contributed by atoms with E-state index in [2.05, 4.69) is 46.2 Å². The maximum absolute atomic E-state index is 4.51. The molecule has 3 aromatic heterocycles. The van der Waals surface area contributed by atoms with Gasteiger partial charge in [-0.2, -0.15) is 0 Å². The first-order valence-corrected chi connectivity index (χ1v) is 7.55. The molecule has 1 atom stereocenters. The first kappa shape index (κ1) is 12.8. The third-order valence-corrected chi connectivity index (χ3v) is 4.56. The molecule has 0 spiro atoms. The standard InChI is InChI=1S/C17H20N4/c1-17(2)7-11(8-18-10-17)12-3-5-19-14-9-21-16-13(15(12)14)4-6-20-16/h3-6,9,11,18H,7-8,10H2,1-2H3,(H,20,21). The van der Waals surface area contributed by atoms with E-state index in [1.807, 2.05) is 18.6 Å². The Labute approximate surface area is 124 Å². The van der Waals surface area contributed by atoms with Gasteiger partial charge in [0.05, 0.1) is 11.7 Å². The number of fused-ring (bicyclic) bond motifs is 3. The van der Waals surface area contributed by atoms with Crippen LogP contribution in [-0.2, 0) is 0 Å². The number of H-pyrrole nitrogens is 1. The van der Waals surface area contributed by atoms with Crippen molar-refractivity contribution in [1.82, 2.24) is 20.3 Å². The summed E-state index contributed by atoms with van der Waals surface area (Å²) in [6.45, 7) is 6.80. The minimum atomic E-state index is 0.336. The lowest BCUT2D eigenvalue weighted by Gasteiger charge is -2.36. The number of piperidine rings is 1. The molecule has 0 aliphatic carbocycles. The van der Waals surface area contributed by atoms with E-state index in [9.17, 15) is 0 Å². The van der Waals surface area contributed by atoms with Crippen LogP contribution in [0.25, 0.3) is 21.9 Å². The third-order valence-electron chi connectivity index (χ3n) is 4.56. The largest absolute Gasteiger partial charge is 0.346 e. The molecule has 0 saturated carbocycles. The molecule has 4 rings (SSSR count). The molecule has 108 valence electrons. The lowest BCUT2D eigenvalue weighted by Crippen LogP contribution is -2.40. The molecule has 1 saturated heterocycles. The monoisotopic (exact) mass is 280 g/mol. The Bertz CT molecular complexity index is 803. The highest BCUT2D eigenvalue weighted by molar-refractivity contribution is 6.05. The van der Waals surface area contributed by atoms with E-state index in [1.54, 1.807) is 0 Å². The molecular weight excluding hydrogens is 260 g/mol. The summed E-state index contributed by atoms with van der Waals surface area (Å²) in [7, 11) is 0. The highest BCUT2D eigenvalue weighted by Crippen LogP contribution is 2.38. The van der Waals surface area contributed by atoms with Crippen LogP contribution in [0, 0.1) is 5.41 Å². The van der Waals surface area contributed by atoms with E-state index in [0.29, 0.717) is 11.3 Å². The van der Waals surface area contributed by atoms with Crippen LogP contribution in [0.2, 0.25) is 0 Å². The van der Waals surface area contributed by atoms with Gasteiger partial charge in [0.15, 0.2) is 0 Å². The predicted molar refractivity (Wildman–Crippen MR) is 85.4 cm³/mol. The molecule has 4 heteroatoms.